The van der Waals surface area contributed by atoms with Crippen molar-refractivity contribution in [3.63, 3.8) is 0 Å². The molecule has 1 aromatic heterocycles. The standard InChI is InChI=1S/C17H32N4/c1-5-9-21-13-18-12-16(21)17-15(11-19-14(2)3)8-6-7-10-20(17)4/h12-15,17,19H,5-11H2,1-4H3. The Morgan fingerprint density at radius 2 is 2.19 bits per heavy atom. The molecule has 2 rings (SSSR count). The van der Waals surface area contributed by atoms with Crippen molar-refractivity contribution < 1.29 is 0 Å². The zero-order chi connectivity index (χ0) is 15.2. The fourth-order valence-electron chi connectivity index (χ4n) is 3.50. The normalized spacial score (nSPS) is 24.4. The highest BCUT2D eigenvalue weighted by molar-refractivity contribution is 5.08. The zero-order valence-corrected chi connectivity index (χ0v) is 14.2. The van der Waals surface area contributed by atoms with Crippen LogP contribution in [0.1, 0.15) is 58.2 Å². The molecule has 0 amide bonds. The summed E-state index contributed by atoms with van der Waals surface area (Å²) in [4.78, 5) is 6.97. The smallest absolute Gasteiger partial charge is 0.0948 e. The average molecular weight is 292 g/mol. The van der Waals surface area contributed by atoms with E-state index in [-0.39, 0.29) is 0 Å². The third-order valence-electron chi connectivity index (χ3n) is 4.56. The fraction of sp³-hybridized carbons (Fsp3) is 0.824. The maximum absolute atomic E-state index is 4.43. The third kappa shape index (κ3) is 4.30. The maximum Gasteiger partial charge on any atom is 0.0948 e. The first-order chi connectivity index (χ1) is 10.1. The highest BCUT2D eigenvalue weighted by atomic mass is 15.2. The Morgan fingerprint density at radius 3 is 2.90 bits per heavy atom. The van der Waals surface area contributed by atoms with Gasteiger partial charge in [0, 0.05) is 25.3 Å². The first kappa shape index (κ1) is 16.5. The van der Waals surface area contributed by atoms with E-state index in [1.165, 1.54) is 31.5 Å². The van der Waals surface area contributed by atoms with Crippen LogP contribution in [0.2, 0.25) is 0 Å². The van der Waals surface area contributed by atoms with Crippen LogP contribution < -0.4 is 5.32 Å². The van der Waals surface area contributed by atoms with Crippen molar-refractivity contribution >= 4 is 0 Å². The van der Waals surface area contributed by atoms with Gasteiger partial charge in [0.25, 0.3) is 0 Å². The van der Waals surface area contributed by atoms with Crippen molar-refractivity contribution in [3.05, 3.63) is 18.2 Å². The van der Waals surface area contributed by atoms with E-state index < -0.39 is 0 Å². The Hall–Kier alpha value is -0.870. The molecule has 2 atom stereocenters. The minimum absolute atomic E-state index is 0.493. The van der Waals surface area contributed by atoms with E-state index in [1.807, 2.05) is 6.33 Å². The van der Waals surface area contributed by atoms with Crippen molar-refractivity contribution in [2.45, 2.75) is 65.1 Å². The summed E-state index contributed by atoms with van der Waals surface area (Å²) in [6, 6.07) is 1.05. The van der Waals surface area contributed by atoms with Crippen molar-refractivity contribution in [1.82, 2.24) is 19.8 Å². The molecule has 21 heavy (non-hydrogen) atoms. The largest absolute Gasteiger partial charge is 0.333 e. The summed E-state index contributed by atoms with van der Waals surface area (Å²) in [6.45, 7) is 10.1. The van der Waals surface area contributed by atoms with Crippen LogP contribution in [-0.4, -0.2) is 40.6 Å². The van der Waals surface area contributed by atoms with Gasteiger partial charge in [-0.25, -0.2) is 4.98 Å². The highest BCUT2D eigenvalue weighted by Gasteiger charge is 2.31. The van der Waals surface area contributed by atoms with Crippen molar-refractivity contribution in [2.24, 2.45) is 5.92 Å². The molecule has 1 fully saturated rings. The topological polar surface area (TPSA) is 33.1 Å². The Kier molecular flexibility index (Phi) is 6.24. The predicted molar refractivity (Wildman–Crippen MR) is 88.4 cm³/mol. The fourth-order valence-corrected chi connectivity index (χ4v) is 3.50. The van der Waals surface area contributed by atoms with Gasteiger partial charge in [0.05, 0.1) is 18.1 Å². The van der Waals surface area contributed by atoms with Crippen LogP contribution in [0.3, 0.4) is 0 Å². The van der Waals surface area contributed by atoms with E-state index >= 15 is 0 Å². The van der Waals surface area contributed by atoms with Crippen LogP contribution in [0.4, 0.5) is 0 Å². The molecule has 0 bridgehead atoms. The summed E-state index contributed by atoms with van der Waals surface area (Å²) in [5.41, 5.74) is 1.40. The molecule has 120 valence electrons. The molecular weight excluding hydrogens is 260 g/mol. The van der Waals surface area contributed by atoms with Gasteiger partial charge in [0.15, 0.2) is 0 Å². The summed E-state index contributed by atoms with van der Waals surface area (Å²) >= 11 is 0. The van der Waals surface area contributed by atoms with E-state index in [0.29, 0.717) is 18.0 Å². The Morgan fingerprint density at radius 1 is 1.38 bits per heavy atom. The van der Waals surface area contributed by atoms with Crippen LogP contribution in [0.25, 0.3) is 0 Å². The van der Waals surface area contributed by atoms with Gasteiger partial charge in [0.1, 0.15) is 0 Å². The number of hydrogen-bond donors (Lipinski definition) is 1. The van der Waals surface area contributed by atoms with Gasteiger partial charge in [-0.15, -0.1) is 0 Å². The minimum atomic E-state index is 0.493. The number of aromatic nitrogens is 2. The van der Waals surface area contributed by atoms with E-state index in [2.05, 4.69) is 53.8 Å². The van der Waals surface area contributed by atoms with Gasteiger partial charge in [-0.3, -0.25) is 4.90 Å². The Balaban J connectivity index is 2.21. The molecule has 2 heterocycles. The molecule has 1 aliphatic heterocycles. The van der Waals surface area contributed by atoms with Gasteiger partial charge < -0.3 is 9.88 Å². The summed E-state index contributed by atoms with van der Waals surface area (Å²) < 4.78 is 2.36. The highest BCUT2D eigenvalue weighted by Crippen LogP contribution is 2.34. The lowest BCUT2D eigenvalue weighted by Crippen LogP contribution is -2.37. The number of imidazole rings is 1. The second kappa shape index (κ2) is 7.95. The lowest BCUT2D eigenvalue weighted by Gasteiger charge is -2.33. The average Bonchev–Trinajstić information content (AvgIpc) is 2.80. The number of aryl methyl sites for hydroxylation is 1. The van der Waals surface area contributed by atoms with Gasteiger partial charge in [-0.2, -0.15) is 0 Å². The molecule has 1 saturated heterocycles. The lowest BCUT2D eigenvalue weighted by atomic mass is 9.92. The summed E-state index contributed by atoms with van der Waals surface area (Å²) in [7, 11) is 2.28. The molecule has 0 saturated carbocycles. The molecule has 1 aromatic rings. The molecule has 0 aromatic carbocycles. The van der Waals surface area contributed by atoms with Crippen molar-refractivity contribution in [3.8, 4) is 0 Å². The predicted octanol–water partition coefficient (Wildman–Crippen LogP) is 3.06. The molecule has 4 heteroatoms. The molecule has 4 nitrogen and oxygen atoms in total. The number of rotatable bonds is 6. The molecule has 0 spiro atoms. The van der Waals surface area contributed by atoms with Crippen molar-refractivity contribution in [1.29, 1.82) is 0 Å². The van der Waals surface area contributed by atoms with Gasteiger partial charge in [-0.05, 0) is 38.8 Å². The second-order valence-electron chi connectivity index (χ2n) is 6.76. The van der Waals surface area contributed by atoms with E-state index in [1.54, 1.807) is 0 Å². The van der Waals surface area contributed by atoms with E-state index in [4.69, 9.17) is 0 Å². The van der Waals surface area contributed by atoms with Crippen LogP contribution >= 0.6 is 0 Å². The molecule has 1 aliphatic rings. The maximum atomic E-state index is 4.43. The zero-order valence-electron chi connectivity index (χ0n) is 14.2. The second-order valence-corrected chi connectivity index (χ2v) is 6.76. The van der Waals surface area contributed by atoms with Gasteiger partial charge in [-0.1, -0.05) is 27.2 Å². The van der Waals surface area contributed by atoms with Crippen LogP contribution in [0.15, 0.2) is 12.5 Å². The Bertz CT molecular complexity index is 413. The number of nitrogens with zero attached hydrogens (tertiary/aromatic N) is 3. The van der Waals surface area contributed by atoms with Crippen LogP contribution in [0, 0.1) is 5.92 Å². The number of nitrogens with one attached hydrogen (secondary N) is 1. The van der Waals surface area contributed by atoms with Crippen LogP contribution in [0.5, 0.6) is 0 Å². The molecule has 0 aliphatic carbocycles. The van der Waals surface area contributed by atoms with Crippen molar-refractivity contribution in [2.75, 3.05) is 20.1 Å². The quantitative estimate of drug-likeness (QED) is 0.875. The Labute approximate surface area is 129 Å². The molecule has 1 N–H and O–H groups in total. The first-order valence-electron chi connectivity index (χ1n) is 8.57. The first-order valence-corrected chi connectivity index (χ1v) is 8.57. The lowest BCUT2D eigenvalue weighted by molar-refractivity contribution is 0.178. The SMILES string of the molecule is CCCn1cncc1C1C(CNC(C)C)CCCCN1C. The molecule has 2 unspecified atom stereocenters. The number of hydrogen-bond acceptors (Lipinski definition) is 3. The van der Waals surface area contributed by atoms with E-state index in [0.717, 1.165) is 19.5 Å². The summed E-state index contributed by atoms with van der Waals surface area (Å²) in [6.07, 6.45) is 9.22. The molecular formula is C17H32N4. The summed E-state index contributed by atoms with van der Waals surface area (Å²) in [5.74, 6) is 0.673. The minimum Gasteiger partial charge on any atom is -0.333 e. The molecule has 0 radical (unpaired) electrons. The third-order valence-corrected chi connectivity index (χ3v) is 4.56. The summed E-state index contributed by atoms with van der Waals surface area (Å²) in [5, 5.41) is 3.65. The van der Waals surface area contributed by atoms with Gasteiger partial charge in [0.2, 0.25) is 0 Å². The van der Waals surface area contributed by atoms with Crippen LogP contribution in [-0.2, 0) is 6.54 Å². The number of likely N-dealkylation sites (tertiary alicyclic amines) is 1. The van der Waals surface area contributed by atoms with E-state index in [9.17, 15) is 0 Å². The monoisotopic (exact) mass is 292 g/mol. The van der Waals surface area contributed by atoms with Gasteiger partial charge >= 0.3 is 0 Å².